The predicted octanol–water partition coefficient (Wildman–Crippen LogP) is 1.16. The number of ether oxygens (including phenoxy) is 1. The molecule has 2 unspecified atom stereocenters. The van der Waals surface area contributed by atoms with Crippen molar-refractivity contribution in [3.05, 3.63) is 12.2 Å². The number of esters is 1. The van der Waals surface area contributed by atoms with E-state index in [1.54, 1.807) is 6.92 Å². The molecule has 92 valence electrons. The molecule has 16 heavy (non-hydrogen) atoms. The topological polar surface area (TPSA) is 78.3 Å². The lowest BCUT2D eigenvalue weighted by atomic mass is 9.90. The molecular weight excluding hydrogens is 204 g/mol. The highest BCUT2D eigenvalue weighted by molar-refractivity contribution is 5.86. The van der Waals surface area contributed by atoms with E-state index in [1.807, 2.05) is 0 Å². The number of nitrogens with two attached hydrogens (primary N) is 2. The van der Waals surface area contributed by atoms with Crippen molar-refractivity contribution in [2.24, 2.45) is 23.3 Å². The smallest absolute Gasteiger partial charge is 0.332 e. The third-order valence-electron chi connectivity index (χ3n) is 3.48. The highest BCUT2D eigenvalue weighted by Gasteiger charge is 2.45. The summed E-state index contributed by atoms with van der Waals surface area (Å²) < 4.78 is 4.27. The van der Waals surface area contributed by atoms with Gasteiger partial charge in [-0.15, -0.1) is 0 Å². The Morgan fingerprint density at radius 3 is 2.19 bits per heavy atom. The third-order valence-corrected chi connectivity index (χ3v) is 3.48. The van der Waals surface area contributed by atoms with E-state index in [1.165, 1.54) is 26.4 Å². The van der Waals surface area contributed by atoms with Crippen molar-refractivity contribution in [2.45, 2.75) is 38.3 Å². The minimum absolute atomic E-state index is 0.289. The van der Waals surface area contributed by atoms with Crippen LogP contribution in [0.3, 0.4) is 0 Å². The maximum Gasteiger partial charge on any atom is 0.332 e. The first kappa shape index (κ1) is 13.2. The van der Waals surface area contributed by atoms with Crippen molar-refractivity contribution < 1.29 is 9.53 Å². The van der Waals surface area contributed by atoms with E-state index in [-0.39, 0.29) is 11.6 Å². The van der Waals surface area contributed by atoms with Crippen LogP contribution in [0, 0.1) is 11.8 Å². The van der Waals surface area contributed by atoms with Gasteiger partial charge in [0, 0.05) is 5.57 Å². The fourth-order valence-electron chi connectivity index (χ4n) is 2.59. The van der Waals surface area contributed by atoms with Crippen LogP contribution in [0.2, 0.25) is 0 Å². The number of rotatable bonds is 1. The molecule has 0 aromatic heterocycles. The van der Waals surface area contributed by atoms with Crippen LogP contribution >= 0.6 is 0 Å². The van der Waals surface area contributed by atoms with Crippen LogP contribution in [0.5, 0.6) is 0 Å². The molecule has 0 aromatic rings. The summed E-state index contributed by atoms with van der Waals surface area (Å²) in [4.78, 5) is 10.2. The third kappa shape index (κ3) is 3.06. The minimum atomic E-state index is -0.347. The summed E-state index contributed by atoms with van der Waals surface area (Å²) in [5, 5.41) is 0. The predicted molar refractivity (Wildman–Crippen MR) is 63.4 cm³/mol. The van der Waals surface area contributed by atoms with Crippen molar-refractivity contribution in [1.82, 2.24) is 0 Å². The van der Waals surface area contributed by atoms with Gasteiger partial charge in [-0.1, -0.05) is 6.58 Å². The normalized spacial score (nSPS) is 29.2. The summed E-state index contributed by atoms with van der Waals surface area (Å²) in [5.41, 5.74) is 11.8. The summed E-state index contributed by atoms with van der Waals surface area (Å²) >= 11 is 0. The van der Waals surface area contributed by atoms with E-state index < -0.39 is 0 Å². The van der Waals surface area contributed by atoms with E-state index in [0.29, 0.717) is 11.5 Å². The van der Waals surface area contributed by atoms with Crippen molar-refractivity contribution in [2.75, 3.05) is 7.11 Å². The molecule has 0 aliphatic heterocycles. The highest BCUT2D eigenvalue weighted by Crippen LogP contribution is 2.46. The molecule has 2 bridgehead atoms. The molecule has 2 saturated carbocycles. The molecule has 2 fully saturated rings. The monoisotopic (exact) mass is 226 g/mol. The fourth-order valence-corrected chi connectivity index (χ4v) is 2.59. The van der Waals surface area contributed by atoms with Gasteiger partial charge in [-0.3, -0.25) is 0 Å². The maximum atomic E-state index is 10.2. The zero-order chi connectivity index (χ0) is 12.3. The first-order valence-corrected chi connectivity index (χ1v) is 5.68. The van der Waals surface area contributed by atoms with E-state index in [2.05, 4.69) is 11.3 Å². The molecule has 4 heteroatoms. The van der Waals surface area contributed by atoms with Crippen LogP contribution in [-0.4, -0.2) is 18.7 Å². The molecule has 0 aromatic carbocycles. The largest absolute Gasteiger partial charge is 0.466 e. The number of carbonyl (C=O) groups excluding carboxylic acids is 1. The van der Waals surface area contributed by atoms with Gasteiger partial charge < -0.3 is 16.2 Å². The maximum absolute atomic E-state index is 10.2. The summed E-state index contributed by atoms with van der Waals surface area (Å²) in [5.74, 6) is 1.16. The Bertz CT molecular complexity index is 287. The van der Waals surface area contributed by atoms with Gasteiger partial charge >= 0.3 is 5.97 Å². The second-order valence-electron chi connectivity index (χ2n) is 4.96. The quantitative estimate of drug-likeness (QED) is 0.399. The number of hydrogen-bond donors (Lipinski definition) is 2. The lowest BCUT2D eigenvalue weighted by molar-refractivity contribution is -0.136. The van der Waals surface area contributed by atoms with Crippen molar-refractivity contribution in [1.29, 1.82) is 0 Å². The van der Waals surface area contributed by atoms with Gasteiger partial charge in [0.15, 0.2) is 0 Å². The molecule has 0 spiro atoms. The van der Waals surface area contributed by atoms with E-state index in [4.69, 9.17) is 11.5 Å². The summed E-state index contributed by atoms with van der Waals surface area (Å²) in [7, 11) is 1.33. The summed E-state index contributed by atoms with van der Waals surface area (Å²) in [6.45, 7) is 4.95. The Morgan fingerprint density at radius 1 is 1.44 bits per heavy atom. The van der Waals surface area contributed by atoms with E-state index in [0.717, 1.165) is 12.3 Å². The molecule has 0 amide bonds. The van der Waals surface area contributed by atoms with Crippen LogP contribution < -0.4 is 11.5 Å². The Labute approximate surface area is 97.0 Å². The molecule has 4 nitrogen and oxygen atoms in total. The molecular formula is C12H22N2O2. The van der Waals surface area contributed by atoms with Crippen LogP contribution in [0.15, 0.2) is 12.2 Å². The van der Waals surface area contributed by atoms with E-state index in [9.17, 15) is 4.79 Å². The molecule has 0 saturated heterocycles. The van der Waals surface area contributed by atoms with Crippen LogP contribution in [-0.2, 0) is 9.53 Å². The molecule has 2 aliphatic rings. The van der Waals surface area contributed by atoms with Gasteiger partial charge in [0.2, 0.25) is 0 Å². The molecule has 2 rings (SSSR count). The molecule has 0 radical (unpaired) electrons. The Balaban J connectivity index is 0.000000168. The number of methoxy groups -OCH3 is 1. The Morgan fingerprint density at radius 2 is 2.06 bits per heavy atom. The van der Waals surface area contributed by atoms with Gasteiger partial charge in [0.05, 0.1) is 12.8 Å². The lowest BCUT2D eigenvalue weighted by Crippen LogP contribution is -2.53. The summed E-state index contributed by atoms with van der Waals surface area (Å²) in [6.07, 6.45) is 5.02. The second-order valence-corrected chi connectivity index (χ2v) is 4.96. The van der Waals surface area contributed by atoms with Crippen LogP contribution in [0.4, 0.5) is 0 Å². The van der Waals surface area contributed by atoms with Gasteiger partial charge in [-0.05, 0) is 44.4 Å². The Kier molecular flexibility index (Phi) is 4.10. The van der Waals surface area contributed by atoms with E-state index >= 15 is 0 Å². The fraction of sp³-hybridized carbons (Fsp3) is 0.750. The summed E-state index contributed by atoms with van der Waals surface area (Å²) in [6, 6.07) is 0. The highest BCUT2D eigenvalue weighted by atomic mass is 16.5. The lowest BCUT2D eigenvalue weighted by Gasteiger charge is -2.28. The first-order chi connectivity index (χ1) is 7.36. The average molecular weight is 226 g/mol. The van der Waals surface area contributed by atoms with Crippen molar-refractivity contribution in [3.8, 4) is 0 Å². The molecule has 2 atom stereocenters. The number of carbonyl (C=O) groups is 1. The Hall–Kier alpha value is -0.870. The zero-order valence-electron chi connectivity index (χ0n) is 10.2. The number of fused-ring (bicyclic) bond motifs is 2. The van der Waals surface area contributed by atoms with Crippen molar-refractivity contribution in [3.63, 3.8) is 0 Å². The van der Waals surface area contributed by atoms with Gasteiger partial charge in [-0.25, -0.2) is 4.79 Å². The molecule has 0 heterocycles. The van der Waals surface area contributed by atoms with Crippen LogP contribution in [0.25, 0.3) is 0 Å². The number of hydrogen-bond acceptors (Lipinski definition) is 4. The first-order valence-electron chi connectivity index (χ1n) is 5.68. The molecule has 2 aliphatic carbocycles. The van der Waals surface area contributed by atoms with Gasteiger partial charge in [-0.2, -0.15) is 0 Å². The SMILES string of the molecule is C=C(C)C(=O)OC.NC1(N)CC2CCC1C2. The average Bonchev–Trinajstić information content (AvgIpc) is 2.75. The van der Waals surface area contributed by atoms with Crippen molar-refractivity contribution >= 4 is 5.97 Å². The molecule has 4 N–H and O–H groups in total. The minimum Gasteiger partial charge on any atom is -0.466 e. The second kappa shape index (κ2) is 4.97. The van der Waals surface area contributed by atoms with Crippen LogP contribution in [0.1, 0.15) is 32.6 Å². The van der Waals surface area contributed by atoms with Gasteiger partial charge in [0.25, 0.3) is 0 Å². The zero-order valence-corrected chi connectivity index (χ0v) is 10.2. The van der Waals surface area contributed by atoms with Gasteiger partial charge in [0.1, 0.15) is 0 Å². The standard InChI is InChI=1S/C7H14N2.C5H8O2/c8-7(9)4-5-1-2-6(7)3-5;1-4(2)5(6)7-3/h5-6H,1-4,8-9H2;1H2,2-3H3.